The van der Waals surface area contributed by atoms with Gasteiger partial charge in [0.2, 0.25) is 0 Å². The zero-order chi connectivity index (χ0) is 13.7. The number of carbonyl (C=O) groups excluding carboxylic acids is 1. The summed E-state index contributed by atoms with van der Waals surface area (Å²) in [6, 6.07) is -0.0268. The minimum absolute atomic E-state index is 0.0268. The maximum atomic E-state index is 12.0. The maximum Gasteiger partial charge on any atom is 0.274 e. The molecule has 0 aliphatic carbocycles. The fourth-order valence-electron chi connectivity index (χ4n) is 1.69. The molecule has 0 saturated carbocycles. The van der Waals surface area contributed by atoms with Crippen molar-refractivity contribution in [3.05, 3.63) is 11.4 Å². The molecule has 0 spiro atoms. The third kappa shape index (κ3) is 3.22. The predicted octanol–water partition coefficient (Wildman–Crippen LogP) is 1.27. The Labute approximate surface area is 107 Å². The Morgan fingerprint density at radius 1 is 1.56 bits per heavy atom. The Balaban J connectivity index is 2.78. The molecule has 1 aromatic rings. The molecule has 1 aromatic heterocycles. The third-order valence-corrected chi connectivity index (χ3v) is 2.82. The molecule has 1 heterocycles. The summed E-state index contributed by atoms with van der Waals surface area (Å²) >= 11 is 0. The molecule has 0 saturated heterocycles. The Kier molecular flexibility index (Phi) is 5.15. The van der Waals surface area contributed by atoms with Gasteiger partial charge in [-0.2, -0.15) is 5.10 Å². The van der Waals surface area contributed by atoms with Crippen LogP contribution < -0.4 is 11.1 Å². The molecule has 1 rings (SSSR count). The highest BCUT2D eigenvalue weighted by atomic mass is 16.5. The van der Waals surface area contributed by atoms with Crippen molar-refractivity contribution in [2.75, 3.05) is 19.5 Å². The Morgan fingerprint density at radius 2 is 2.22 bits per heavy atom. The minimum Gasteiger partial charge on any atom is -0.395 e. The number of ether oxygens (including phenoxy) is 1. The summed E-state index contributed by atoms with van der Waals surface area (Å²) in [5, 5.41) is 9.64. The number of carbonyl (C=O) groups is 1. The van der Waals surface area contributed by atoms with E-state index in [0.29, 0.717) is 12.3 Å². The van der Waals surface area contributed by atoms with Gasteiger partial charge in [0.1, 0.15) is 0 Å². The molecule has 0 radical (unpaired) electrons. The number of methoxy groups -OCH3 is 1. The van der Waals surface area contributed by atoms with Gasteiger partial charge in [0.25, 0.3) is 5.91 Å². The molecule has 1 unspecified atom stereocenters. The van der Waals surface area contributed by atoms with E-state index in [9.17, 15) is 4.79 Å². The second-order valence-electron chi connectivity index (χ2n) is 4.59. The van der Waals surface area contributed by atoms with E-state index in [4.69, 9.17) is 10.5 Å². The third-order valence-electron chi connectivity index (χ3n) is 2.82. The van der Waals surface area contributed by atoms with Gasteiger partial charge in [-0.15, -0.1) is 0 Å². The van der Waals surface area contributed by atoms with E-state index in [1.54, 1.807) is 7.11 Å². The topological polar surface area (TPSA) is 93.0 Å². The Morgan fingerprint density at radius 3 is 2.67 bits per heavy atom. The summed E-state index contributed by atoms with van der Waals surface area (Å²) in [5.74, 6) is -0.0560. The number of hydrogen-bond acceptors (Lipinski definition) is 4. The van der Waals surface area contributed by atoms with Crippen molar-refractivity contribution in [2.45, 2.75) is 39.2 Å². The van der Waals surface area contributed by atoms with Gasteiger partial charge in [0, 0.05) is 7.11 Å². The smallest absolute Gasteiger partial charge is 0.274 e. The summed E-state index contributed by atoms with van der Waals surface area (Å²) < 4.78 is 5.03. The highest BCUT2D eigenvalue weighted by Gasteiger charge is 2.20. The van der Waals surface area contributed by atoms with E-state index < -0.39 is 0 Å². The van der Waals surface area contributed by atoms with Gasteiger partial charge in [0.05, 0.1) is 24.0 Å². The van der Waals surface area contributed by atoms with Gasteiger partial charge in [0.15, 0.2) is 5.69 Å². The molecular weight excluding hydrogens is 232 g/mol. The molecule has 0 bridgehead atoms. The van der Waals surface area contributed by atoms with Crippen molar-refractivity contribution in [3.8, 4) is 0 Å². The SMILES string of the molecule is CCC(COC)NC(=O)c1n[nH]c(C(C)C)c1N. The average molecular weight is 254 g/mol. The summed E-state index contributed by atoms with van der Waals surface area (Å²) in [6.45, 7) is 6.44. The van der Waals surface area contributed by atoms with E-state index in [1.807, 2.05) is 20.8 Å². The van der Waals surface area contributed by atoms with Crippen LogP contribution in [0, 0.1) is 0 Å². The first-order valence-electron chi connectivity index (χ1n) is 6.14. The van der Waals surface area contributed by atoms with E-state index in [-0.39, 0.29) is 23.6 Å². The highest BCUT2D eigenvalue weighted by molar-refractivity contribution is 5.97. The molecule has 0 fully saturated rings. The highest BCUT2D eigenvalue weighted by Crippen LogP contribution is 2.21. The zero-order valence-electron chi connectivity index (χ0n) is 11.4. The largest absolute Gasteiger partial charge is 0.395 e. The molecule has 102 valence electrons. The molecule has 0 aliphatic heterocycles. The van der Waals surface area contributed by atoms with Gasteiger partial charge in [-0.05, 0) is 12.3 Å². The van der Waals surface area contributed by atoms with Crippen LogP contribution in [0.4, 0.5) is 5.69 Å². The lowest BCUT2D eigenvalue weighted by atomic mass is 10.1. The Hall–Kier alpha value is -1.56. The van der Waals surface area contributed by atoms with Crippen molar-refractivity contribution in [2.24, 2.45) is 0 Å². The molecule has 6 heteroatoms. The number of aromatic amines is 1. The maximum absolute atomic E-state index is 12.0. The van der Waals surface area contributed by atoms with E-state index in [0.717, 1.165) is 12.1 Å². The number of nitrogens with two attached hydrogens (primary N) is 1. The number of hydrogen-bond donors (Lipinski definition) is 3. The van der Waals surface area contributed by atoms with Crippen LogP contribution in [0.3, 0.4) is 0 Å². The predicted molar refractivity (Wildman–Crippen MR) is 70.5 cm³/mol. The number of nitrogens with zero attached hydrogens (tertiary/aromatic N) is 1. The second kappa shape index (κ2) is 6.39. The lowest BCUT2D eigenvalue weighted by Crippen LogP contribution is -2.38. The molecule has 0 aliphatic rings. The first-order chi connectivity index (χ1) is 8.51. The first kappa shape index (κ1) is 14.5. The summed E-state index contributed by atoms with van der Waals surface area (Å²) in [5.41, 5.74) is 7.39. The normalized spacial score (nSPS) is 12.7. The van der Waals surface area contributed by atoms with Gasteiger partial charge in [-0.1, -0.05) is 20.8 Å². The molecule has 18 heavy (non-hydrogen) atoms. The van der Waals surface area contributed by atoms with Crippen LogP contribution in [0.5, 0.6) is 0 Å². The van der Waals surface area contributed by atoms with Crippen LogP contribution in [-0.4, -0.2) is 35.9 Å². The van der Waals surface area contributed by atoms with E-state index in [1.165, 1.54) is 0 Å². The average Bonchev–Trinajstić information content (AvgIpc) is 2.70. The van der Waals surface area contributed by atoms with Gasteiger partial charge >= 0.3 is 0 Å². The van der Waals surface area contributed by atoms with Crippen molar-refractivity contribution in [3.63, 3.8) is 0 Å². The lowest BCUT2D eigenvalue weighted by Gasteiger charge is -2.15. The van der Waals surface area contributed by atoms with Crippen LogP contribution in [0.25, 0.3) is 0 Å². The van der Waals surface area contributed by atoms with Gasteiger partial charge in [-0.3, -0.25) is 9.89 Å². The lowest BCUT2D eigenvalue weighted by molar-refractivity contribution is 0.0890. The molecule has 0 aromatic carbocycles. The number of amides is 1. The molecule has 1 atom stereocenters. The van der Waals surface area contributed by atoms with Crippen LogP contribution >= 0.6 is 0 Å². The van der Waals surface area contributed by atoms with Gasteiger partial charge < -0.3 is 15.8 Å². The molecular formula is C12H22N4O2. The van der Waals surface area contributed by atoms with Crippen LogP contribution in [-0.2, 0) is 4.74 Å². The van der Waals surface area contributed by atoms with Crippen molar-refractivity contribution in [1.82, 2.24) is 15.5 Å². The van der Waals surface area contributed by atoms with Gasteiger partial charge in [-0.25, -0.2) is 0 Å². The van der Waals surface area contributed by atoms with Crippen LogP contribution in [0.2, 0.25) is 0 Å². The molecule has 1 amide bonds. The monoisotopic (exact) mass is 254 g/mol. The second-order valence-corrected chi connectivity index (χ2v) is 4.59. The molecule has 4 N–H and O–H groups in total. The number of nitrogen functional groups attached to an aromatic ring is 1. The number of anilines is 1. The molecule has 6 nitrogen and oxygen atoms in total. The number of rotatable bonds is 6. The summed E-state index contributed by atoms with van der Waals surface area (Å²) in [6.07, 6.45) is 0.793. The van der Waals surface area contributed by atoms with Crippen LogP contribution in [0.1, 0.15) is 49.3 Å². The first-order valence-corrected chi connectivity index (χ1v) is 6.14. The van der Waals surface area contributed by atoms with Crippen molar-refractivity contribution >= 4 is 11.6 Å². The number of aromatic nitrogens is 2. The zero-order valence-corrected chi connectivity index (χ0v) is 11.4. The van der Waals surface area contributed by atoms with Crippen molar-refractivity contribution < 1.29 is 9.53 Å². The minimum atomic E-state index is -0.264. The quantitative estimate of drug-likeness (QED) is 0.712. The summed E-state index contributed by atoms with van der Waals surface area (Å²) in [4.78, 5) is 12.0. The Bertz CT molecular complexity index is 401. The fraction of sp³-hybridized carbons (Fsp3) is 0.667. The van der Waals surface area contributed by atoms with Crippen LogP contribution in [0.15, 0.2) is 0 Å². The summed E-state index contributed by atoms with van der Waals surface area (Å²) in [7, 11) is 1.61. The number of H-pyrrole nitrogens is 1. The van der Waals surface area contributed by atoms with E-state index in [2.05, 4.69) is 15.5 Å². The number of nitrogens with one attached hydrogen (secondary N) is 2. The van der Waals surface area contributed by atoms with Crippen molar-refractivity contribution in [1.29, 1.82) is 0 Å². The van der Waals surface area contributed by atoms with E-state index >= 15 is 0 Å². The fourth-order valence-corrected chi connectivity index (χ4v) is 1.69. The standard InChI is InChI=1S/C12H22N4O2/c1-5-8(6-18-4)14-12(17)11-9(13)10(7(2)3)15-16-11/h7-8H,5-6,13H2,1-4H3,(H,14,17)(H,15,16).